The van der Waals surface area contributed by atoms with Gasteiger partial charge < -0.3 is 10.1 Å². The molecule has 0 aliphatic heterocycles. The molecule has 0 saturated heterocycles. The van der Waals surface area contributed by atoms with Gasteiger partial charge in [-0.3, -0.25) is 4.79 Å². The van der Waals surface area contributed by atoms with Crippen molar-refractivity contribution >= 4 is 17.7 Å². The molecule has 0 bridgehead atoms. The summed E-state index contributed by atoms with van der Waals surface area (Å²) in [4.78, 5) is 13.5. The van der Waals surface area contributed by atoms with Crippen LogP contribution in [0, 0.1) is 5.92 Å². The second kappa shape index (κ2) is 10.7. The lowest BCUT2D eigenvalue weighted by Crippen LogP contribution is -2.32. The molecule has 0 spiro atoms. The summed E-state index contributed by atoms with van der Waals surface area (Å²) in [6.07, 6.45) is 3.40. The van der Waals surface area contributed by atoms with E-state index in [2.05, 4.69) is 26.1 Å². The molecule has 0 heterocycles. The van der Waals surface area contributed by atoms with Gasteiger partial charge in [-0.1, -0.05) is 38.8 Å². The predicted octanol–water partition coefficient (Wildman–Crippen LogP) is 4.37. The van der Waals surface area contributed by atoms with Crippen molar-refractivity contribution in [2.45, 2.75) is 51.0 Å². The number of methoxy groups -OCH3 is 1. The van der Waals surface area contributed by atoms with Crippen LogP contribution < -0.4 is 5.32 Å². The third-order valence-corrected chi connectivity index (χ3v) is 4.51. The molecule has 124 valence electrons. The number of ether oxygens (including phenoxy) is 1. The molecular formula is C18H29NO2S. The van der Waals surface area contributed by atoms with E-state index >= 15 is 0 Å². The van der Waals surface area contributed by atoms with E-state index in [4.69, 9.17) is 4.74 Å². The summed E-state index contributed by atoms with van der Waals surface area (Å²) < 4.78 is 5.07. The maximum absolute atomic E-state index is 12.4. The number of hydrogen-bond acceptors (Lipinski definition) is 3. The van der Waals surface area contributed by atoms with E-state index in [1.807, 2.05) is 24.3 Å². The van der Waals surface area contributed by atoms with Crippen LogP contribution in [-0.4, -0.2) is 31.4 Å². The monoisotopic (exact) mass is 323 g/mol. The smallest absolute Gasteiger partial charge is 0.252 e. The highest BCUT2D eigenvalue weighted by molar-refractivity contribution is 7.99. The summed E-state index contributed by atoms with van der Waals surface area (Å²) in [7, 11) is 1.69. The molecular weight excluding hydrogens is 294 g/mol. The first-order valence-corrected chi connectivity index (χ1v) is 9.04. The fourth-order valence-corrected chi connectivity index (χ4v) is 3.18. The maximum atomic E-state index is 12.4. The summed E-state index contributed by atoms with van der Waals surface area (Å²) in [5, 5.41) is 3.12. The zero-order valence-corrected chi connectivity index (χ0v) is 15.0. The van der Waals surface area contributed by atoms with Crippen molar-refractivity contribution in [2.24, 2.45) is 5.92 Å². The standard InChI is InChI=1S/C18H29NO2S/c1-14(2)8-7-9-15(3)19-18(20)16-10-5-6-11-17(16)22-13-12-21-4/h5-6,10-11,14-15H,7-9,12-13H2,1-4H3,(H,19,20)/t15-/m0/s1. The van der Waals surface area contributed by atoms with E-state index in [0.717, 1.165) is 35.0 Å². The van der Waals surface area contributed by atoms with Crippen LogP contribution >= 0.6 is 11.8 Å². The molecule has 1 rings (SSSR count). The van der Waals surface area contributed by atoms with Gasteiger partial charge in [-0.05, 0) is 31.4 Å². The second-order valence-electron chi connectivity index (χ2n) is 6.04. The topological polar surface area (TPSA) is 38.3 Å². The van der Waals surface area contributed by atoms with Crippen molar-refractivity contribution in [1.82, 2.24) is 5.32 Å². The van der Waals surface area contributed by atoms with Crippen LogP contribution in [0.5, 0.6) is 0 Å². The van der Waals surface area contributed by atoms with E-state index < -0.39 is 0 Å². The molecule has 0 aliphatic carbocycles. The maximum Gasteiger partial charge on any atom is 0.252 e. The Balaban J connectivity index is 2.53. The molecule has 0 aliphatic rings. The van der Waals surface area contributed by atoms with E-state index in [1.54, 1.807) is 18.9 Å². The predicted molar refractivity (Wildman–Crippen MR) is 94.7 cm³/mol. The van der Waals surface area contributed by atoms with Crippen LogP contribution in [0.15, 0.2) is 29.2 Å². The van der Waals surface area contributed by atoms with Crippen LogP contribution in [0.1, 0.15) is 50.4 Å². The van der Waals surface area contributed by atoms with Gasteiger partial charge in [0.15, 0.2) is 0 Å². The van der Waals surface area contributed by atoms with Gasteiger partial charge in [0.1, 0.15) is 0 Å². The summed E-state index contributed by atoms with van der Waals surface area (Å²) in [5.41, 5.74) is 0.763. The van der Waals surface area contributed by atoms with Gasteiger partial charge in [0.05, 0.1) is 12.2 Å². The van der Waals surface area contributed by atoms with Gasteiger partial charge in [-0.2, -0.15) is 0 Å². The van der Waals surface area contributed by atoms with E-state index in [-0.39, 0.29) is 11.9 Å². The van der Waals surface area contributed by atoms with Crippen LogP contribution in [0.4, 0.5) is 0 Å². The lowest BCUT2D eigenvalue weighted by molar-refractivity contribution is 0.0935. The number of thioether (sulfide) groups is 1. The average Bonchev–Trinajstić information content (AvgIpc) is 2.47. The van der Waals surface area contributed by atoms with Gasteiger partial charge in [-0.15, -0.1) is 11.8 Å². The van der Waals surface area contributed by atoms with Crippen LogP contribution in [-0.2, 0) is 4.74 Å². The summed E-state index contributed by atoms with van der Waals surface area (Å²) in [6.45, 7) is 7.23. The first-order valence-electron chi connectivity index (χ1n) is 8.06. The fourth-order valence-electron chi connectivity index (χ4n) is 2.22. The number of amides is 1. The fraction of sp³-hybridized carbons (Fsp3) is 0.611. The molecule has 0 saturated carbocycles. The normalized spacial score (nSPS) is 12.4. The van der Waals surface area contributed by atoms with E-state index in [0.29, 0.717) is 6.61 Å². The number of hydrogen-bond donors (Lipinski definition) is 1. The Bertz CT molecular complexity index is 448. The molecule has 1 aromatic rings. The zero-order chi connectivity index (χ0) is 16.4. The first kappa shape index (κ1) is 19.0. The number of benzene rings is 1. The lowest BCUT2D eigenvalue weighted by atomic mass is 10.0. The van der Waals surface area contributed by atoms with Gasteiger partial charge in [0.2, 0.25) is 0 Å². The Morgan fingerprint density at radius 2 is 1.95 bits per heavy atom. The Morgan fingerprint density at radius 3 is 2.64 bits per heavy atom. The highest BCUT2D eigenvalue weighted by atomic mass is 32.2. The lowest BCUT2D eigenvalue weighted by Gasteiger charge is -2.16. The number of carbonyl (C=O) groups is 1. The third kappa shape index (κ3) is 7.32. The van der Waals surface area contributed by atoms with Crippen molar-refractivity contribution in [3.05, 3.63) is 29.8 Å². The quantitative estimate of drug-likeness (QED) is 0.513. The van der Waals surface area contributed by atoms with Gasteiger partial charge in [-0.25, -0.2) is 0 Å². The zero-order valence-electron chi connectivity index (χ0n) is 14.2. The minimum Gasteiger partial charge on any atom is -0.384 e. The second-order valence-corrected chi connectivity index (χ2v) is 7.17. The SMILES string of the molecule is COCCSc1ccccc1C(=O)N[C@@H](C)CCCC(C)C. The first-order chi connectivity index (χ1) is 10.5. The van der Waals surface area contributed by atoms with Crippen molar-refractivity contribution in [2.75, 3.05) is 19.5 Å². The summed E-state index contributed by atoms with van der Waals surface area (Å²) in [5.74, 6) is 1.60. The van der Waals surface area contributed by atoms with Crippen LogP contribution in [0.2, 0.25) is 0 Å². The Morgan fingerprint density at radius 1 is 1.23 bits per heavy atom. The Kier molecular flexibility index (Phi) is 9.25. The van der Waals surface area contributed by atoms with Crippen molar-refractivity contribution in [3.8, 4) is 0 Å². The van der Waals surface area contributed by atoms with Crippen molar-refractivity contribution in [1.29, 1.82) is 0 Å². The number of carbonyl (C=O) groups excluding carboxylic acids is 1. The molecule has 1 aromatic carbocycles. The van der Waals surface area contributed by atoms with E-state index in [9.17, 15) is 4.79 Å². The van der Waals surface area contributed by atoms with Gasteiger partial charge in [0.25, 0.3) is 5.91 Å². The molecule has 0 radical (unpaired) electrons. The molecule has 0 fully saturated rings. The molecule has 22 heavy (non-hydrogen) atoms. The minimum absolute atomic E-state index is 0.0255. The van der Waals surface area contributed by atoms with Gasteiger partial charge in [0, 0.05) is 23.8 Å². The summed E-state index contributed by atoms with van der Waals surface area (Å²) >= 11 is 1.66. The van der Waals surface area contributed by atoms with Crippen molar-refractivity contribution < 1.29 is 9.53 Å². The summed E-state index contributed by atoms with van der Waals surface area (Å²) in [6, 6.07) is 7.99. The minimum atomic E-state index is 0.0255. The molecule has 0 unspecified atom stereocenters. The molecule has 0 aromatic heterocycles. The Hall–Kier alpha value is -1.00. The number of rotatable bonds is 10. The molecule has 4 heteroatoms. The third-order valence-electron chi connectivity index (χ3n) is 3.47. The molecule has 3 nitrogen and oxygen atoms in total. The van der Waals surface area contributed by atoms with Crippen LogP contribution in [0.25, 0.3) is 0 Å². The van der Waals surface area contributed by atoms with Gasteiger partial charge >= 0.3 is 0 Å². The highest BCUT2D eigenvalue weighted by Gasteiger charge is 2.13. The molecule has 1 N–H and O–H groups in total. The highest BCUT2D eigenvalue weighted by Crippen LogP contribution is 2.22. The van der Waals surface area contributed by atoms with E-state index in [1.165, 1.54) is 6.42 Å². The largest absolute Gasteiger partial charge is 0.384 e. The van der Waals surface area contributed by atoms with Crippen molar-refractivity contribution in [3.63, 3.8) is 0 Å². The average molecular weight is 324 g/mol. The molecule has 1 atom stereocenters. The Labute approximate surface area is 139 Å². The van der Waals surface area contributed by atoms with Crippen LogP contribution in [0.3, 0.4) is 0 Å². The number of nitrogens with one attached hydrogen (secondary N) is 1. The molecule has 1 amide bonds.